The summed E-state index contributed by atoms with van der Waals surface area (Å²) in [4.78, 5) is 10.6. The molecule has 0 N–H and O–H groups in total. The van der Waals surface area contributed by atoms with Crippen molar-refractivity contribution in [1.82, 2.24) is 9.13 Å². The maximum Gasteiger partial charge on any atom is 0.156 e. The molecule has 8 aromatic carbocycles. The van der Waals surface area contributed by atoms with Crippen molar-refractivity contribution < 1.29 is 8.83 Å². The Kier molecular flexibility index (Phi) is 7.10. The van der Waals surface area contributed by atoms with Gasteiger partial charge in [0.1, 0.15) is 28.2 Å². The number of hydrogen-bond donors (Lipinski definition) is 0. The van der Waals surface area contributed by atoms with Crippen molar-refractivity contribution in [3.63, 3.8) is 0 Å². The first kappa shape index (κ1) is 32.5. The van der Waals surface area contributed by atoms with Gasteiger partial charge in [-0.2, -0.15) is 0 Å². The first-order valence-corrected chi connectivity index (χ1v) is 19.6. The van der Waals surface area contributed by atoms with Gasteiger partial charge in [0, 0.05) is 49.0 Å². The lowest BCUT2D eigenvalue weighted by molar-refractivity contribution is 0.662. The van der Waals surface area contributed by atoms with Gasteiger partial charge in [0.25, 0.3) is 0 Å². The van der Waals surface area contributed by atoms with E-state index in [0.29, 0.717) is 12.4 Å². The largest absolute Gasteiger partial charge is 0.456 e. The topological polar surface area (TPSA) is 60.9 Å². The van der Waals surface area contributed by atoms with Crippen LogP contribution in [-0.4, -0.2) is 20.8 Å². The molecule has 274 valence electrons. The summed E-state index contributed by atoms with van der Waals surface area (Å²) in [5.41, 5.74) is 10.9. The highest BCUT2D eigenvalue weighted by molar-refractivity contribution is 6.26. The minimum absolute atomic E-state index is 0.424. The van der Waals surface area contributed by atoms with Crippen LogP contribution in [0.3, 0.4) is 0 Å². The Morgan fingerprint density at radius 2 is 1.14 bits per heavy atom. The number of furan rings is 2. The minimum Gasteiger partial charge on any atom is -0.456 e. The number of para-hydroxylation sites is 4. The van der Waals surface area contributed by atoms with Gasteiger partial charge in [-0.1, -0.05) is 127 Å². The van der Waals surface area contributed by atoms with E-state index in [1.54, 1.807) is 0 Å². The molecule has 0 saturated carbocycles. The maximum absolute atomic E-state index is 6.44. The standard InChI is InChI=1S/C52H34N4O2/c1-32(55-43-21-11-8-18-36(43)39-26-27-40-37-19-9-12-22-44(37)56(50(40)49(39)55)35-16-6-3-7-17-35)54-52(34-14-4-2-5-15-34)53-31-33-24-25-42-47(30-33)57-46-29-28-41-38-20-10-13-23-45(38)58-51(41)48(42)46/h2-30H,31H2,1H3. The van der Waals surface area contributed by atoms with Gasteiger partial charge in [0.15, 0.2) is 5.84 Å². The molecule has 58 heavy (non-hydrogen) atoms. The summed E-state index contributed by atoms with van der Waals surface area (Å²) in [6, 6.07) is 61.4. The molecule has 0 aliphatic heterocycles. The fourth-order valence-electron chi connectivity index (χ4n) is 9.02. The molecular weight excluding hydrogens is 713 g/mol. The van der Waals surface area contributed by atoms with E-state index in [4.69, 9.17) is 18.8 Å². The lowest BCUT2D eigenvalue weighted by Gasteiger charge is -2.13. The van der Waals surface area contributed by atoms with E-state index in [0.717, 1.165) is 88.6 Å². The van der Waals surface area contributed by atoms with E-state index in [1.807, 2.05) is 42.5 Å². The minimum atomic E-state index is 0.424. The number of fused-ring (bicyclic) bond motifs is 14. The fraction of sp³-hybridized carbons (Fsp3) is 0.0385. The van der Waals surface area contributed by atoms with E-state index < -0.39 is 0 Å². The van der Waals surface area contributed by atoms with Crippen LogP contribution in [0.2, 0.25) is 0 Å². The number of rotatable bonds is 4. The summed E-state index contributed by atoms with van der Waals surface area (Å²) in [5, 5.41) is 8.97. The number of hydrogen-bond acceptors (Lipinski definition) is 3. The summed E-state index contributed by atoms with van der Waals surface area (Å²) >= 11 is 0. The number of amidine groups is 1. The lowest BCUT2D eigenvalue weighted by atomic mass is 10.1. The second-order valence-corrected chi connectivity index (χ2v) is 14.9. The van der Waals surface area contributed by atoms with Gasteiger partial charge in [-0.15, -0.1) is 0 Å². The Hall–Kier alpha value is -7.70. The molecule has 0 aliphatic carbocycles. The number of aromatic nitrogens is 2. The Labute approximate surface area is 332 Å². The van der Waals surface area contributed by atoms with Crippen molar-refractivity contribution in [3.05, 3.63) is 187 Å². The van der Waals surface area contributed by atoms with Crippen LogP contribution in [0.4, 0.5) is 0 Å². The van der Waals surface area contributed by atoms with Gasteiger partial charge >= 0.3 is 0 Å². The van der Waals surface area contributed by atoms with E-state index in [1.165, 1.54) is 21.5 Å². The van der Waals surface area contributed by atoms with Gasteiger partial charge in [0.2, 0.25) is 0 Å². The highest BCUT2D eigenvalue weighted by Gasteiger charge is 2.22. The van der Waals surface area contributed by atoms with Gasteiger partial charge in [-0.05, 0) is 61.0 Å². The van der Waals surface area contributed by atoms with Crippen LogP contribution in [0.15, 0.2) is 195 Å². The van der Waals surface area contributed by atoms with Gasteiger partial charge in [0.05, 0.1) is 34.0 Å². The highest BCUT2D eigenvalue weighted by atomic mass is 16.3. The molecule has 0 radical (unpaired) electrons. The van der Waals surface area contributed by atoms with E-state index in [2.05, 4.69) is 150 Å². The number of aliphatic imine (C=N–C) groups is 2. The Morgan fingerprint density at radius 1 is 0.500 bits per heavy atom. The van der Waals surface area contributed by atoms with Crippen LogP contribution in [0, 0.1) is 0 Å². The Morgan fingerprint density at radius 3 is 1.95 bits per heavy atom. The summed E-state index contributed by atoms with van der Waals surface area (Å²) in [7, 11) is 0. The van der Waals surface area contributed by atoms with Crippen LogP contribution in [0.25, 0.3) is 93.2 Å². The average molecular weight is 747 g/mol. The zero-order valence-electron chi connectivity index (χ0n) is 31.6. The molecule has 0 unspecified atom stereocenters. The Balaban J connectivity index is 1.03. The second kappa shape index (κ2) is 12.7. The third-order valence-electron chi connectivity index (χ3n) is 11.6. The number of benzene rings is 8. The molecule has 4 aromatic heterocycles. The molecule has 0 aliphatic rings. The highest BCUT2D eigenvalue weighted by Crippen LogP contribution is 2.41. The van der Waals surface area contributed by atoms with Crippen molar-refractivity contribution in [1.29, 1.82) is 0 Å². The lowest BCUT2D eigenvalue weighted by Crippen LogP contribution is -2.12. The molecule has 6 heteroatoms. The SMILES string of the molecule is CC(=NC(=NCc1ccc2c(c1)oc1ccc3c4ccccc4oc3c12)c1ccccc1)n1c2ccccc2c2ccc3c4ccccc4n(-c4ccccc4)c3c21. The van der Waals surface area contributed by atoms with Crippen LogP contribution in [-0.2, 0) is 6.54 Å². The van der Waals surface area contributed by atoms with Crippen LogP contribution in [0.5, 0.6) is 0 Å². The second-order valence-electron chi connectivity index (χ2n) is 14.9. The third-order valence-corrected chi connectivity index (χ3v) is 11.6. The van der Waals surface area contributed by atoms with E-state index >= 15 is 0 Å². The molecule has 12 rings (SSSR count). The monoisotopic (exact) mass is 746 g/mol. The van der Waals surface area contributed by atoms with Crippen LogP contribution < -0.4 is 0 Å². The molecule has 0 saturated heterocycles. The molecule has 0 fully saturated rings. The van der Waals surface area contributed by atoms with Crippen LogP contribution in [0.1, 0.15) is 18.1 Å². The maximum atomic E-state index is 6.44. The molecule has 12 aromatic rings. The first-order chi connectivity index (χ1) is 28.7. The van der Waals surface area contributed by atoms with E-state index in [-0.39, 0.29) is 0 Å². The van der Waals surface area contributed by atoms with Crippen molar-refractivity contribution in [2.75, 3.05) is 0 Å². The van der Waals surface area contributed by atoms with Crippen molar-refractivity contribution in [2.24, 2.45) is 9.98 Å². The fourth-order valence-corrected chi connectivity index (χ4v) is 9.02. The zero-order valence-corrected chi connectivity index (χ0v) is 31.6. The van der Waals surface area contributed by atoms with Crippen molar-refractivity contribution in [2.45, 2.75) is 13.5 Å². The summed E-state index contributed by atoms with van der Waals surface area (Å²) in [6.45, 7) is 2.52. The summed E-state index contributed by atoms with van der Waals surface area (Å²) < 4.78 is 17.5. The third kappa shape index (κ3) is 4.85. The zero-order chi connectivity index (χ0) is 38.3. The number of nitrogens with zero attached hydrogens (tertiary/aromatic N) is 4. The average Bonchev–Trinajstić information content (AvgIpc) is 4.03. The summed E-state index contributed by atoms with van der Waals surface area (Å²) in [5.74, 6) is 1.49. The molecule has 0 spiro atoms. The quantitative estimate of drug-likeness (QED) is 0.133. The normalized spacial score (nSPS) is 12.8. The molecule has 4 heterocycles. The predicted molar refractivity (Wildman–Crippen MR) is 240 cm³/mol. The molecule has 0 atom stereocenters. The van der Waals surface area contributed by atoms with Crippen LogP contribution >= 0.6 is 0 Å². The van der Waals surface area contributed by atoms with Gasteiger partial charge in [-0.3, -0.25) is 9.56 Å². The molecule has 6 nitrogen and oxygen atoms in total. The van der Waals surface area contributed by atoms with Crippen molar-refractivity contribution >= 4 is 99.2 Å². The van der Waals surface area contributed by atoms with Gasteiger partial charge in [-0.25, -0.2) is 4.99 Å². The molecule has 0 bridgehead atoms. The van der Waals surface area contributed by atoms with E-state index in [9.17, 15) is 0 Å². The summed E-state index contributed by atoms with van der Waals surface area (Å²) in [6.07, 6.45) is 0. The van der Waals surface area contributed by atoms with Crippen molar-refractivity contribution in [3.8, 4) is 5.69 Å². The smallest absolute Gasteiger partial charge is 0.156 e. The molecule has 0 amide bonds. The van der Waals surface area contributed by atoms with Gasteiger partial charge < -0.3 is 13.4 Å². The Bertz CT molecular complexity index is 3660. The predicted octanol–water partition coefficient (Wildman–Crippen LogP) is 13.6. The first-order valence-electron chi connectivity index (χ1n) is 19.6. The molecular formula is C52H34N4O2.